The monoisotopic (exact) mass is 283 g/mol. The highest BCUT2D eigenvalue weighted by Gasteiger charge is 2.11. The molecule has 0 fully saturated rings. The zero-order chi connectivity index (χ0) is 15.1. The minimum Gasteiger partial charge on any atom is -0.494 e. The van der Waals surface area contributed by atoms with Crippen molar-refractivity contribution < 1.29 is 4.74 Å². The number of rotatable bonds is 7. The molecule has 0 spiro atoms. The third-order valence-electron chi connectivity index (χ3n) is 3.62. The van der Waals surface area contributed by atoms with Crippen molar-refractivity contribution in [1.29, 1.82) is 0 Å². The van der Waals surface area contributed by atoms with E-state index in [9.17, 15) is 0 Å². The molecule has 1 N–H and O–H groups in total. The van der Waals surface area contributed by atoms with E-state index in [1.807, 2.05) is 13.0 Å². The van der Waals surface area contributed by atoms with Gasteiger partial charge >= 0.3 is 0 Å². The highest BCUT2D eigenvalue weighted by atomic mass is 16.5. The van der Waals surface area contributed by atoms with Gasteiger partial charge < -0.3 is 10.1 Å². The molecule has 2 aromatic rings. The van der Waals surface area contributed by atoms with Crippen LogP contribution < -0.4 is 10.1 Å². The predicted octanol–water partition coefficient (Wildman–Crippen LogP) is 5.35. The molecule has 0 aliphatic heterocycles. The summed E-state index contributed by atoms with van der Waals surface area (Å²) in [5.74, 6) is 0.937. The maximum absolute atomic E-state index is 5.55. The van der Waals surface area contributed by atoms with Gasteiger partial charge in [0.1, 0.15) is 5.75 Å². The van der Waals surface area contributed by atoms with Crippen molar-refractivity contribution in [3.63, 3.8) is 0 Å². The normalized spacial score (nSPS) is 12.0. The predicted molar refractivity (Wildman–Crippen MR) is 90.1 cm³/mol. The Labute approximate surface area is 128 Å². The number of nitrogens with one attached hydrogen (secondary N) is 1. The molecule has 0 radical (unpaired) electrons. The van der Waals surface area contributed by atoms with E-state index in [1.165, 1.54) is 16.8 Å². The Bertz CT molecular complexity index is 551. The lowest BCUT2D eigenvalue weighted by molar-refractivity contribution is 0.340. The van der Waals surface area contributed by atoms with Crippen LogP contribution >= 0.6 is 0 Å². The van der Waals surface area contributed by atoms with Gasteiger partial charge in [-0.25, -0.2) is 0 Å². The van der Waals surface area contributed by atoms with Gasteiger partial charge in [-0.2, -0.15) is 0 Å². The maximum atomic E-state index is 5.55. The van der Waals surface area contributed by atoms with Gasteiger partial charge in [0.2, 0.25) is 0 Å². The van der Waals surface area contributed by atoms with Crippen LogP contribution in [0, 0.1) is 6.92 Å². The minimum atomic E-state index is 0.354. The lowest BCUT2D eigenvalue weighted by Crippen LogP contribution is -2.11. The van der Waals surface area contributed by atoms with Gasteiger partial charge in [0.25, 0.3) is 0 Å². The molecular weight excluding hydrogens is 258 g/mol. The summed E-state index contributed by atoms with van der Waals surface area (Å²) < 4.78 is 5.55. The Morgan fingerprint density at radius 1 is 1.05 bits per heavy atom. The Morgan fingerprint density at radius 3 is 2.43 bits per heavy atom. The summed E-state index contributed by atoms with van der Waals surface area (Å²) in [6.45, 7) is 7.06. The molecule has 2 heteroatoms. The van der Waals surface area contributed by atoms with Crippen molar-refractivity contribution in [2.45, 2.75) is 39.7 Å². The lowest BCUT2D eigenvalue weighted by atomic mass is 10.0. The first-order valence-electron chi connectivity index (χ1n) is 7.79. The van der Waals surface area contributed by atoms with Gasteiger partial charge in [-0.3, -0.25) is 0 Å². The van der Waals surface area contributed by atoms with Crippen LogP contribution in [0.15, 0.2) is 48.5 Å². The highest BCUT2D eigenvalue weighted by Crippen LogP contribution is 2.28. The van der Waals surface area contributed by atoms with Crippen molar-refractivity contribution in [1.82, 2.24) is 0 Å². The molecule has 1 atom stereocenters. The van der Waals surface area contributed by atoms with Crippen molar-refractivity contribution in [2.24, 2.45) is 0 Å². The summed E-state index contributed by atoms with van der Waals surface area (Å²) in [6, 6.07) is 17.3. The summed E-state index contributed by atoms with van der Waals surface area (Å²) in [5.41, 5.74) is 3.74. The van der Waals surface area contributed by atoms with Crippen molar-refractivity contribution in [3.8, 4) is 5.75 Å². The average molecular weight is 283 g/mol. The smallest absolute Gasteiger partial charge is 0.119 e. The van der Waals surface area contributed by atoms with Crippen LogP contribution in [0.5, 0.6) is 5.75 Å². The van der Waals surface area contributed by atoms with E-state index in [2.05, 4.69) is 61.6 Å². The number of benzene rings is 2. The number of aryl methyl sites for hydroxylation is 1. The van der Waals surface area contributed by atoms with Gasteiger partial charge in [-0.15, -0.1) is 0 Å². The second kappa shape index (κ2) is 7.72. The summed E-state index contributed by atoms with van der Waals surface area (Å²) in [6.07, 6.45) is 2.28. The second-order valence-electron chi connectivity index (χ2n) is 5.31. The summed E-state index contributed by atoms with van der Waals surface area (Å²) in [4.78, 5) is 0. The Hall–Kier alpha value is -1.96. The van der Waals surface area contributed by atoms with E-state index in [0.29, 0.717) is 12.6 Å². The van der Waals surface area contributed by atoms with Crippen LogP contribution in [0.3, 0.4) is 0 Å². The standard InChI is InChI=1S/C19H25NO/c1-4-9-19(16-10-7-6-8-11-16)20-18-13-12-17(21-5-2)14-15(18)3/h6-8,10-14,19-20H,4-5,9H2,1-3H3. The fourth-order valence-corrected chi connectivity index (χ4v) is 2.54. The van der Waals surface area contributed by atoms with Gasteiger partial charge in [-0.1, -0.05) is 43.7 Å². The molecular formula is C19H25NO. The lowest BCUT2D eigenvalue weighted by Gasteiger charge is -2.21. The van der Waals surface area contributed by atoms with Crippen LogP contribution in [0.4, 0.5) is 5.69 Å². The third-order valence-corrected chi connectivity index (χ3v) is 3.62. The van der Waals surface area contributed by atoms with E-state index in [1.54, 1.807) is 0 Å². The molecule has 0 heterocycles. The molecule has 2 nitrogen and oxygen atoms in total. The van der Waals surface area contributed by atoms with Gasteiger partial charge in [0, 0.05) is 5.69 Å². The number of hydrogen-bond acceptors (Lipinski definition) is 2. The van der Waals surface area contributed by atoms with E-state index < -0.39 is 0 Å². The quantitative estimate of drug-likeness (QED) is 0.740. The maximum Gasteiger partial charge on any atom is 0.119 e. The Morgan fingerprint density at radius 2 is 1.81 bits per heavy atom. The number of anilines is 1. The molecule has 0 bridgehead atoms. The van der Waals surface area contributed by atoms with E-state index in [0.717, 1.165) is 18.6 Å². The van der Waals surface area contributed by atoms with Gasteiger partial charge in [0.15, 0.2) is 0 Å². The summed E-state index contributed by atoms with van der Waals surface area (Å²) >= 11 is 0. The molecule has 21 heavy (non-hydrogen) atoms. The first-order valence-corrected chi connectivity index (χ1v) is 7.79. The van der Waals surface area contributed by atoms with E-state index >= 15 is 0 Å². The van der Waals surface area contributed by atoms with Crippen LogP contribution in [0.2, 0.25) is 0 Å². The number of hydrogen-bond donors (Lipinski definition) is 1. The fourth-order valence-electron chi connectivity index (χ4n) is 2.54. The minimum absolute atomic E-state index is 0.354. The SMILES string of the molecule is CCCC(Nc1ccc(OCC)cc1C)c1ccccc1. The van der Waals surface area contributed by atoms with Crippen LogP contribution in [0.1, 0.15) is 43.9 Å². The molecule has 0 saturated heterocycles. The van der Waals surface area contributed by atoms with Crippen molar-refractivity contribution in [2.75, 3.05) is 11.9 Å². The second-order valence-corrected chi connectivity index (χ2v) is 5.31. The zero-order valence-electron chi connectivity index (χ0n) is 13.2. The van der Waals surface area contributed by atoms with Gasteiger partial charge in [-0.05, 0) is 49.6 Å². The molecule has 0 saturated carbocycles. The van der Waals surface area contributed by atoms with Crippen LogP contribution in [-0.2, 0) is 0 Å². The largest absolute Gasteiger partial charge is 0.494 e. The summed E-state index contributed by atoms with van der Waals surface area (Å²) in [5, 5.41) is 3.68. The van der Waals surface area contributed by atoms with Gasteiger partial charge in [0.05, 0.1) is 12.6 Å². The van der Waals surface area contributed by atoms with Crippen molar-refractivity contribution >= 4 is 5.69 Å². The zero-order valence-corrected chi connectivity index (χ0v) is 13.2. The molecule has 0 amide bonds. The number of ether oxygens (including phenoxy) is 1. The first-order chi connectivity index (χ1) is 10.2. The first kappa shape index (κ1) is 15.4. The van der Waals surface area contributed by atoms with Crippen LogP contribution in [-0.4, -0.2) is 6.61 Å². The molecule has 1 unspecified atom stereocenters. The molecule has 0 aliphatic carbocycles. The Kier molecular flexibility index (Phi) is 5.68. The molecule has 2 aromatic carbocycles. The third kappa shape index (κ3) is 4.25. The van der Waals surface area contributed by atoms with Crippen LogP contribution in [0.25, 0.3) is 0 Å². The van der Waals surface area contributed by atoms with Crippen molar-refractivity contribution in [3.05, 3.63) is 59.7 Å². The molecule has 0 aliphatic rings. The highest BCUT2D eigenvalue weighted by molar-refractivity contribution is 5.55. The topological polar surface area (TPSA) is 21.3 Å². The molecule has 112 valence electrons. The Balaban J connectivity index is 2.17. The average Bonchev–Trinajstić information content (AvgIpc) is 2.50. The summed E-state index contributed by atoms with van der Waals surface area (Å²) in [7, 11) is 0. The molecule has 0 aromatic heterocycles. The molecule has 2 rings (SSSR count). The fraction of sp³-hybridized carbons (Fsp3) is 0.368. The van der Waals surface area contributed by atoms with E-state index in [-0.39, 0.29) is 0 Å². The van der Waals surface area contributed by atoms with E-state index in [4.69, 9.17) is 4.74 Å².